The first kappa shape index (κ1) is 14.0. The molecule has 0 aliphatic rings. The van der Waals surface area contributed by atoms with Crippen LogP contribution in [-0.2, 0) is 4.79 Å². The molecular weight excluding hydrogens is 284 g/mol. The van der Waals surface area contributed by atoms with E-state index in [4.69, 9.17) is 11.6 Å². The molecule has 0 aliphatic heterocycles. The molecule has 7 heteroatoms. The van der Waals surface area contributed by atoms with Crippen LogP contribution in [0.4, 0.5) is 5.82 Å². The molecule has 2 aromatic rings. The van der Waals surface area contributed by atoms with Gasteiger partial charge in [0.2, 0.25) is 11.2 Å². The number of likely N-dealkylation sites (N-methyl/N-ethyl adjacent to an activating group) is 2. The van der Waals surface area contributed by atoms with Crippen LogP contribution in [0, 0.1) is 6.92 Å². The van der Waals surface area contributed by atoms with Crippen LogP contribution < -0.4 is 10.2 Å². The molecule has 0 unspecified atom stereocenters. The van der Waals surface area contributed by atoms with Gasteiger partial charge < -0.3 is 10.2 Å². The number of halogens is 1. The van der Waals surface area contributed by atoms with Crippen molar-refractivity contribution >= 4 is 44.9 Å². The number of nitrogens with zero attached hydrogens (tertiary/aromatic N) is 3. The fourth-order valence-corrected chi connectivity index (χ4v) is 2.92. The van der Waals surface area contributed by atoms with E-state index in [1.807, 2.05) is 27.0 Å². The predicted molar refractivity (Wildman–Crippen MR) is 79.1 cm³/mol. The Morgan fingerprint density at radius 3 is 2.95 bits per heavy atom. The number of hydrogen-bond donors (Lipinski definition) is 1. The molecule has 102 valence electrons. The number of aromatic nitrogens is 2. The van der Waals surface area contributed by atoms with Crippen molar-refractivity contribution < 1.29 is 4.79 Å². The van der Waals surface area contributed by atoms with Gasteiger partial charge in [-0.1, -0.05) is 0 Å². The van der Waals surface area contributed by atoms with Gasteiger partial charge in [0.15, 0.2) is 0 Å². The molecule has 0 saturated carbocycles. The molecular formula is C12H15ClN4OS. The third-order valence-corrected chi connectivity index (χ3v) is 3.70. The zero-order valence-corrected chi connectivity index (χ0v) is 12.6. The molecule has 0 bridgehead atoms. The van der Waals surface area contributed by atoms with E-state index in [0.29, 0.717) is 12.4 Å². The molecule has 0 atom stereocenters. The van der Waals surface area contributed by atoms with Gasteiger partial charge in [-0.2, -0.15) is 4.98 Å². The van der Waals surface area contributed by atoms with Gasteiger partial charge in [-0.3, -0.25) is 4.79 Å². The minimum atomic E-state index is -0.0418. The second kappa shape index (κ2) is 5.71. The van der Waals surface area contributed by atoms with E-state index in [-0.39, 0.29) is 17.7 Å². The quantitative estimate of drug-likeness (QED) is 0.880. The summed E-state index contributed by atoms with van der Waals surface area (Å²) in [5.74, 6) is 0.644. The lowest BCUT2D eigenvalue weighted by molar-refractivity contribution is -0.119. The Morgan fingerprint density at radius 1 is 1.53 bits per heavy atom. The first-order chi connectivity index (χ1) is 9.01. The first-order valence-electron chi connectivity index (χ1n) is 5.92. The third kappa shape index (κ3) is 3.13. The maximum Gasteiger partial charge on any atom is 0.239 e. The molecule has 2 rings (SSSR count). The summed E-state index contributed by atoms with van der Waals surface area (Å²) >= 11 is 7.50. The first-order valence-corrected chi connectivity index (χ1v) is 7.12. The average Bonchev–Trinajstić information content (AvgIpc) is 2.68. The van der Waals surface area contributed by atoms with Crippen LogP contribution in [0.15, 0.2) is 6.07 Å². The lowest BCUT2D eigenvalue weighted by Crippen LogP contribution is -2.35. The zero-order valence-electron chi connectivity index (χ0n) is 11.0. The summed E-state index contributed by atoms with van der Waals surface area (Å²) in [6, 6.07) is 2.01. The van der Waals surface area contributed by atoms with Crippen molar-refractivity contribution in [2.75, 3.05) is 25.0 Å². The Balaban J connectivity index is 2.35. The molecule has 19 heavy (non-hydrogen) atoms. The van der Waals surface area contributed by atoms with Crippen molar-refractivity contribution in [3.8, 4) is 0 Å². The van der Waals surface area contributed by atoms with Crippen molar-refractivity contribution in [3.63, 3.8) is 0 Å². The van der Waals surface area contributed by atoms with Crippen molar-refractivity contribution in [1.82, 2.24) is 15.3 Å². The summed E-state index contributed by atoms with van der Waals surface area (Å²) in [6.07, 6.45) is 0. The fraction of sp³-hybridized carbons (Fsp3) is 0.417. The highest BCUT2D eigenvalue weighted by atomic mass is 35.5. The van der Waals surface area contributed by atoms with Gasteiger partial charge in [0.1, 0.15) is 10.6 Å². The number of thiophene rings is 1. The summed E-state index contributed by atoms with van der Waals surface area (Å²) in [6.45, 7) is 4.75. The highest BCUT2D eigenvalue weighted by Crippen LogP contribution is 2.30. The standard InChI is InChI=1S/C12H15ClN4OS/c1-4-14-9(18)6-17(3)10-8-5-7(2)19-11(8)16-12(13)15-10/h5H,4,6H2,1-3H3,(H,14,18). The van der Waals surface area contributed by atoms with E-state index in [1.165, 1.54) is 0 Å². The molecule has 0 spiro atoms. The van der Waals surface area contributed by atoms with E-state index >= 15 is 0 Å². The lowest BCUT2D eigenvalue weighted by Gasteiger charge is -2.18. The number of anilines is 1. The summed E-state index contributed by atoms with van der Waals surface area (Å²) in [4.78, 5) is 23.8. The monoisotopic (exact) mass is 298 g/mol. The predicted octanol–water partition coefficient (Wildman–Crippen LogP) is 2.23. The van der Waals surface area contributed by atoms with Gasteiger partial charge in [-0.15, -0.1) is 11.3 Å². The van der Waals surface area contributed by atoms with Gasteiger partial charge >= 0.3 is 0 Å². The maximum atomic E-state index is 11.6. The van der Waals surface area contributed by atoms with Crippen LogP contribution in [-0.4, -0.2) is 36.0 Å². The second-order valence-corrected chi connectivity index (χ2v) is 5.77. The van der Waals surface area contributed by atoms with Crippen molar-refractivity contribution in [1.29, 1.82) is 0 Å². The highest BCUT2D eigenvalue weighted by Gasteiger charge is 2.15. The Kier molecular flexibility index (Phi) is 4.21. The molecule has 0 aliphatic carbocycles. The molecule has 1 amide bonds. The van der Waals surface area contributed by atoms with E-state index in [0.717, 1.165) is 15.1 Å². The third-order valence-electron chi connectivity index (χ3n) is 2.58. The largest absolute Gasteiger partial charge is 0.355 e. The van der Waals surface area contributed by atoms with Gasteiger partial charge in [0, 0.05) is 18.5 Å². The fourth-order valence-electron chi connectivity index (χ4n) is 1.84. The lowest BCUT2D eigenvalue weighted by atomic mass is 10.3. The SMILES string of the molecule is CCNC(=O)CN(C)c1nc(Cl)nc2sc(C)cc12. The molecule has 0 radical (unpaired) electrons. The minimum Gasteiger partial charge on any atom is -0.355 e. The molecule has 1 N–H and O–H groups in total. The molecule has 0 fully saturated rings. The van der Waals surface area contributed by atoms with Crippen LogP contribution in [0.5, 0.6) is 0 Å². The second-order valence-electron chi connectivity index (χ2n) is 4.20. The molecule has 2 heterocycles. The van der Waals surface area contributed by atoms with Crippen LogP contribution in [0.2, 0.25) is 5.28 Å². The average molecular weight is 299 g/mol. The number of carbonyl (C=O) groups excluding carboxylic acids is 1. The molecule has 2 aromatic heterocycles. The summed E-state index contributed by atoms with van der Waals surface area (Å²) in [7, 11) is 1.82. The summed E-state index contributed by atoms with van der Waals surface area (Å²) in [5.41, 5.74) is 0. The van der Waals surface area contributed by atoms with Gasteiger partial charge in [-0.05, 0) is 31.5 Å². The van der Waals surface area contributed by atoms with Gasteiger partial charge in [-0.25, -0.2) is 4.98 Å². The summed E-state index contributed by atoms with van der Waals surface area (Å²) in [5, 5.41) is 3.89. The van der Waals surface area contributed by atoms with Crippen molar-refractivity contribution in [3.05, 3.63) is 16.2 Å². The van der Waals surface area contributed by atoms with E-state index in [2.05, 4.69) is 15.3 Å². The number of carbonyl (C=O) groups is 1. The highest BCUT2D eigenvalue weighted by molar-refractivity contribution is 7.18. The van der Waals surface area contributed by atoms with Crippen LogP contribution >= 0.6 is 22.9 Å². The number of rotatable bonds is 4. The Bertz CT molecular complexity index is 613. The number of nitrogens with one attached hydrogen (secondary N) is 1. The van der Waals surface area contributed by atoms with E-state index in [9.17, 15) is 4.79 Å². The van der Waals surface area contributed by atoms with Crippen LogP contribution in [0.1, 0.15) is 11.8 Å². The zero-order chi connectivity index (χ0) is 14.0. The van der Waals surface area contributed by atoms with E-state index < -0.39 is 0 Å². The molecule has 5 nitrogen and oxygen atoms in total. The van der Waals surface area contributed by atoms with Crippen LogP contribution in [0.25, 0.3) is 10.2 Å². The molecule has 0 saturated heterocycles. The van der Waals surface area contributed by atoms with Crippen LogP contribution in [0.3, 0.4) is 0 Å². The minimum absolute atomic E-state index is 0.0418. The Labute approximate surface area is 120 Å². The number of amides is 1. The normalized spacial score (nSPS) is 10.7. The smallest absolute Gasteiger partial charge is 0.239 e. The summed E-state index contributed by atoms with van der Waals surface area (Å²) < 4.78 is 0. The van der Waals surface area contributed by atoms with Crippen molar-refractivity contribution in [2.45, 2.75) is 13.8 Å². The number of fused-ring (bicyclic) bond motifs is 1. The van der Waals surface area contributed by atoms with Crippen molar-refractivity contribution in [2.24, 2.45) is 0 Å². The number of aryl methyl sites for hydroxylation is 1. The number of hydrogen-bond acceptors (Lipinski definition) is 5. The maximum absolute atomic E-state index is 11.6. The topological polar surface area (TPSA) is 58.1 Å². The Morgan fingerprint density at radius 2 is 2.26 bits per heavy atom. The van der Waals surface area contributed by atoms with Gasteiger partial charge in [0.25, 0.3) is 0 Å². The molecule has 0 aromatic carbocycles. The Hall–Kier alpha value is -1.40. The van der Waals surface area contributed by atoms with E-state index in [1.54, 1.807) is 16.2 Å². The van der Waals surface area contributed by atoms with Gasteiger partial charge in [0.05, 0.1) is 11.9 Å².